The van der Waals surface area contributed by atoms with Gasteiger partial charge in [0.15, 0.2) is 0 Å². The number of benzene rings is 2. The number of ether oxygens (including phenoxy) is 1. The van der Waals surface area contributed by atoms with Crippen LogP contribution in [-0.2, 0) is 12.3 Å². The van der Waals surface area contributed by atoms with E-state index in [0.29, 0.717) is 0 Å². The summed E-state index contributed by atoms with van der Waals surface area (Å²) in [4.78, 5) is 1.28. The standard InChI is InChI=1S/C17H20BrNOS/c1-3-19-11-13-5-4-6-16(9-13)21-12-14-10-15(18)7-8-17(14)20-2/h4-10,19H,3,11-12H2,1-2H3. The average molecular weight is 366 g/mol. The monoisotopic (exact) mass is 365 g/mol. The van der Waals surface area contributed by atoms with Gasteiger partial charge in [0.1, 0.15) is 5.75 Å². The average Bonchev–Trinajstić information content (AvgIpc) is 2.51. The van der Waals surface area contributed by atoms with Crippen LogP contribution in [0.15, 0.2) is 51.8 Å². The number of hydrogen-bond donors (Lipinski definition) is 1. The van der Waals surface area contributed by atoms with Crippen molar-refractivity contribution >= 4 is 27.7 Å². The maximum Gasteiger partial charge on any atom is 0.122 e. The van der Waals surface area contributed by atoms with Crippen LogP contribution in [0.5, 0.6) is 5.75 Å². The van der Waals surface area contributed by atoms with Gasteiger partial charge in [0, 0.05) is 27.2 Å². The summed E-state index contributed by atoms with van der Waals surface area (Å²) < 4.78 is 6.50. The first kappa shape index (κ1) is 16.4. The fourth-order valence-electron chi connectivity index (χ4n) is 2.04. The van der Waals surface area contributed by atoms with Gasteiger partial charge >= 0.3 is 0 Å². The molecule has 0 fully saturated rings. The lowest BCUT2D eigenvalue weighted by molar-refractivity contribution is 0.411. The maximum atomic E-state index is 5.42. The quantitative estimate of drug-likeness (QED) is 0.707. The van der Waals surface area contributed by atoms with Gasteiger partial charge in [-0.1, -0.05) is 35.0 Å². The smallest absolute Gasteiger partial charge is 0.122 e. The highest BCUT2D eigenvalue weighted by Crippen LogP contribution is 2.30. The van der Waals surface area contributed by atoms with Crippen LogP contribution < -0.4 is 10.1 Å². The molecule has 0 bridgehead atoms. The molecule has 0 heterocycles. The summed E-state index contributed by atoms with van der Waals surface area (Å²) in [5.74, 6) is 1.84. The minimum Gasteiger partial charge on any atom is -0.496 e. The fourth-order valence-corrected chi connectivity index (χ4v) is 3.40. The summed E-state index contributed by atoms with van der Waals surface area (Å²) in [7, 11) is 1.72. The molecule has 2 aromatic rings. The molecule has 1 N–H and O–H groups in total. The Hall–Kier alpha value is -0.970. The molecule has 0 saturated carbocycles. The molecule has 0 aliphatic rings. The molecule has 0 aliphatic heterocycles. The van der Waals surface area contributed by atoms with E-state index in [1.807, 2.05) is 23.9 Å². The summed E-state index contributed by atoms with van der Waals surface area (Å²) in [5, 5.41) is 3.36. The van der Waals surface area contributed by atoms with E-state index in [-0.39, 0.29) is 0 Å². The zero-order valence-corrected chi connectivity index (χ0v) is 14.8. The second-order valence-electron chi connectivity index (χ2n) is 4.67. The number of nitrogens with one attached hydrogen (secondary N) is 1. The molecule has 2 nitrogen and oxygen atoms in total. The van der Waals surface area contributed by atoms with Gasteiger partial charge in [0.2, 0.25) is 0 Å². The number of thioether (sulfide) groups is 1. The van der Waals surface area contributed by atoms with Crippen LogP contribution in [0.4, 0.5) is 0 Å². The van der Waals surface area contributed by atoms with Crippen LogP contribution in [0, 0.1) is 0 Å². The molecule has 0 aromatic heterocycles. The van der Waals surface area contributed by atoms with E-state index in [0.717, 1.165) is 29.1 Å². The molecule has 0 atom stereocenters. The van der Waals surface area contributed by atoms with Crippen molar-refractivity contribution in [2.24, 2.45) is 0 Å². The van der Waals surface area contributed by atoms with Crippen molar-refractivity contribution in [1.29, 1.82) is 0 Å². The van der Waals surface area contributed by atoms with Crippen LogP contribution in [-0.4, -0.2) is 13.7 Å². The van der Waals surface area contributed by atoms with Crippen LogP contribution in [0.25, 0.3) is 0 Å². The summed E-state index contributed by atoms with van der Waals surface area (Å²) in [6.07, 6.45) is 0. The van der Waals surface area contributed by atoms with Crippen molar-refractivity contribution in [3.8, 4) is 5.75 Å². The number of rotatable bonds is 7. The third-order valence-electron chi connectivity index (χ3n) is 3.11. The predicted molar refractivity (Wildman–Crippen MR) is 94.1 cm³/mol. The van der Waals surface area contributed by atoms with Crippen LogP contribution in [0.2, 0.25) is 0 Å². The Morgan fingerprint density at radius 3 is 2.81 bits per heavy atom. The molecule has 0 saturated heterocycles. The maximum absolute atomic E-state index is 5.42. The highest BCUT2D eigenvalue weighted by Gasteiger charge is 2.05. The van der Waals surface area contributed by atoms with E-state index in [4.69, 9.17) is 4.74 Å². The van der Waals surface area contributed by atoms with Gasteiger partial charge in [-0.05, 0) is 42.4 Å². The number of halogens is 1. The Morgan fingerprint density at radius 2 is 2.05 bits per heavy atom. The van der Waals surface area contributed by atoms with Crippen molar-refractivity contribution in [3.63, 3.8) is 0 Å². The number of methoxy groups -OCH3 is 1. The molecule has 0 unspecified atom stereocenters. The van der Waals surface area contributed by atoms with Crippen molar-refractivity contribution in [1.82, 2.24) is 5.32 Å². The van der Waals surface area contributed by atoms with Gasteiger partial charge < -0.3 is 10.1 Å². The third kappa shape index (κ3) is 5.06. The van der Waals surface area contributed by atoms with Crippen molar-refractivity contribution < 1.29 is 4.74 Å². The fraction of sp³-hybridized carbons (Fsp3) is 0.294. The molecular formula is C17H20BrNOS. The normalized spacial score (nSPS) is 10.6. The van der Waals surface area contributed by atoms with E-state index in [1.165, 1.54) is 16.0 Å². The van der Waals surface area contributed by atoms with E-state index >= 15 is 0 Å². The summed E-state index contributed by atoms with van der Waals surface area (Å²) in [5.41, 5.74) is 2.53. The molecule has 2 aromatic carbocycles. The first-order chi connectivity index (χ1) is 10.2. The molecule has 4 heteroatoms. The second-order valence-corrected chi connectivity index (χ2v) is 6.64. The zero-order chi connectivity index (χ0) is 15.1. The molecule has 21 heavy (non-hydrogen) atoms. The van der Waals surface area contributed by atoms with Crippen molar-refractivity contribution in [2.45, 2.75) is 24.1 Å². The Balaban J connectivity index is 2.04. The zero-order valence-electron chi connectivity index (χ0n) is 12.4. The third-order valence-corrected chi connectivity index (χ3v) is 4.65. The Kier molecular flexibility index (Phi) is 6.61. The number of hydrogen-bond acceptors (Lipinski definition) is 3. The highest BCUT2D eigenvalue weighted by molar-refractivity contribution is 9.10. The first-order valence-corrected chi connectivity index (χ1v) is 8.75. The molecule has 2 rings (SSSR count). The lowest BCUT2D eigenvalue weighted by Gasteiger charge is -2.10. The van der Waals surface area contributed by atoms with E-state index in [1.54, 1.807) is 7.11 Å². The van der Waals surface area contributed by atoms with Crippen LogP contribution in [0.3, 0.4) is 0 Å². The topological polar surface area (TPSA) is 21.3 Å². The van der Waals surface area contributed by atoms with Gasteiger partial charge in [-0.3, -0.25) is 0 Å². The molecular weight excluding hydrogens is 346 g/mol. The molecule has 0 amide bonds. The summed E-state index contributed by atoms with van der Waals surface area (Å²) in [6, 6.07) is 14.8. The molecule has 0 spiro atoms. The molecule has 0 radical (unpaired) electrons. The van der Waals surface area contributed by atoms with Crippen LogP contribution >= 0.6 is 27.7 Å². The lowest BCUT2D eigenvalue weighted by atomic mass is 10.2. The highest BCUT2D eigenvalue weighted by atomic mass is 79.9. The van der Waals surface area contributed by atoms with Crippen LogP contribution in [0.1, 0.15) is 18.1 Å². The minimum absolute atomic E-state index is 0.896. The Labute approximate surface area is 139 Å². The van der Waals surface area contributed by atoms with Gasteiger partial charge in [-0.2, -0.15) is 0 Å². The Morgan fingerprint density at radius 1 is 1.19 bits per heavy atom. The van der Waals surface area contributed by atoms with Gasteiger partial charge in [0.05, 0.1) is 7.11 Å². The first-order valence-electron chi connectivity index (χ1n) is 6.97. The SMILES string of the molecule is CCNCc1cccc(SCc2cc(Br)ccc2OC)c1. The van der Waals surface area contributed by atoms with E-state index in [2.05, 4.69) is 58.5 Å². The van der Waals surface area contributed by atoms with E-state index in [9.17, 15) is 0 Å². The minimum atomic E-state index is 0.896. The largest absolute Gasteiger partial charge is 0.496 e. The van der Waals surface area contributed by atoms with Gasteiger partial charge in [0.25, 0.3) is 0 Å². The van der Waals surface area contributed by atoms with E-state index < -0.39 is 0 Å². The lowest BCUT2D eigenvalue weighted by Crippen LogP contribution is -2.11. The molecule has 112 valence electrons. The predicted octanol–water partition coefficient (Wildman–Crippen LogP) is 4.86. The van der Waals surface area contributed by atoms with Crippen molar-refractivity contribution in [2.75, 3.05) is 13.7 Å². The van der Waals surface area contributed by atoms with Gasteiger partial charge in [-0.15, -0.1) is 11.8 Å². The second kappa shape index (κ2) is 8.47. The molecule has 0 aliphatic carbocycles. The van der Waals surface area contributed by atoms with Crippen molar-refractivity contribution in [3.05, 3.63) is 58.1 Å². The summed E-state index contributed by atoms with van der Waals surface area (Å²) >= 11 is 5.35. The van der Waals surface area contributed by atoms with Gasteiger partial charge in [-0.25, -0.2) is 0 Å². The summed E-state index contributed by atoms with van der Waals surface area (Å²) in [6.45, 7) is 4.04. The Bertz CT molecular complexity index is 589.